The molecular formula is C17H15N7O4S. The third-order valence-corrected chi connectivity index (χ3v) is 4.76. The fourth-order valence-corrected chi connectivity index (χ4v) is 3.11. The number of aromatic nitrogens is 4. The molecule has 0 aliphatic rings. The lowest BCUT2D eigenvalue weighted by Gasteiger charge is -2.08. The van der Waals surface area contributed by atoms with Gasteiger partial charge in [-0.05, 0) is 36.0 Å². The molecule has 0 aliphatic carbocycles. The zero-order valence-electron chi connectivity index (χ0n) is 15.1. The summed E-state index contributed by atoms with van der Waals surface area (Å²) in [7, 11) is 1.71. The number of benzene rings is 1. The van der Waals surface area contributed by atoms with E-state index in [2.05, 4.69) is 25.8 Å². The van der Waals surface area contributed by atoms with E-state index in [0.29, 0.717) is 15.7 Å². The first kappa shape index (κ1) is 19.9. The van der Waals surface area contributed by atoms with E-state index < -0.39 is 16.7 Å². The molecule has 1 aromatic carbocycles. The monoisotopic (exact) mass is 413 g/mol. The standard InChI is InChI=1S/C17H15N7O4S/c1-23-10-20-22-17(23)29-14-5-4-11(7-13(14)24(27)28)16(26)19-9-15(25)21-12-3-2-6-18-8-12/h2-8,10H,9H2,1H3,(H,19,26)(H,21,25). The van der Waals surface area contributed by atoms with Crippen LogP contribution in [0.3, 0.4) is 0 Å². The van der Waals surface area contributed by atoms with E-state index >= 15 is 0 Å². The van der Waals surface area contributed by atoms with Crippen molar-refractivity contribution in [3.63, 3.8) is 0 Å². The molecular weight excluding hydrogens is 398 g/mol. The number of carbonyl (C=O) groups excluding carboxylic acids is 2. The van der Waals surface area contributed by atoms with Crippen molar-refractivity contribution >= 4 is 35.0 Å². The molecule has 0 fully saturated rings. The van der Waals surface area contributed by atoms with Gasteiger partial charge in [0.05, 0.1) is 28.2 Å². The molecule has 2 heterocycles. The number of hydrogen-bond acceptors (Lipinski definition) is 8. The summed E-state index contributed by atoms with van der Waals surface area (Å²) in [6, 6.07) is 7.38. The van der Waals surface area contributed by atoms with E-state index in [9.17, 15) is 19.7 Å². The Morgan fingerprint density at radius 3 is 2.79 bits per heavy atom. The third-order valence-electron chi connectivity index (χ3n) is 3.64. The average molecular weight is 413 g/mol. The molecule has 0 saturated carbocycles. The Labute approximate surface area is 168 Å². The summed E-state index contributed by atoms with van der Waals surface area (Å²) >= 11 is 1.06. The van der Waals surface area contributed by atoms with E-state index in [1.54, 1.807) is 29.9 Å². The predicted molar refractivity (Wildman–Crippen MR) is 103 cm³/mol. The summed E-state index contributed by atoms with van der Waals surface area (Å²) in [5.41, 5.74) is 0.311. The highest BCUT2D eigenvalue weighted by molar-refractivity contribution is 7.99. The summed E-state index contributed by atoms with van der Waals surface area (Å²) < 4.78 is 1.62. The van der Waals surface area contributed by atoms with Crippen molar-refractivity contribution in [2.75, 3.05) is 11.9 Å². The summed E-state index contributed by atoms with van der Waals surface area (Å²) in [5, 5.41) is 24.5. The van der Waals surface area contributed by atoms with Crippen LogP contribution in [0.5, 0.6) is 0 Å². The Bertz CT molecular complexity index is 1050. The Balaban J connectivity index is 1.67. The zero-order valence-corrected chi connectivity index (χ0v) is 15.9. The molecule has 0 atom stereocenters. The Kier molecular flexibility index (Phi) is 6.14. The molecule has 0 unspecified atom stereocenters. The van der Waals surface area contributed by atoms with Gasteiger partial charge in [-0.3, -0.25) is 24.7 Å². The second-order valence-electron chi connectivity index (χ2n) is 5.74. The van der Waals surface area contributed by atoms with E-state index in [-0.39, 0.29) is 17.8 Å². The van der Waals surface area contributed by atoms with Crippen molar-refractivity contribution in [2.45, 2.75) is 10.1 Å². The summed E-state index contributed by atoms with van der Waals surface area (Å²) in [4.78, 5) is 39.2. The number of carbonyl (C=O) groups is 2. The molecule has 0 spiro atoms. The SMILES string of the molecule is Cn1cnnc1Sc1ccc(C(=O)NCC(=O)Nc2cccnc2)cc1[N+](=O)[O-]. The second kappa shape index (κ2) is 8.93. The molecule has 29 heavy (non-hydrogen) atoms. The molecule has 3 rings (SSSR count). The largest absolute Gasteiger partial charge is 0.343 e. The molecule has 2 aromatic heterocycles. The van der Waals surface area contributed by atoms with Crippen LogP contribution >= 0.6 is 11.8 Å². The number of hydrogen-bond donors (Lipinski definition) is 2. The Hall–Kier alpha value is -3.80. The topological polar surface area (TPSA) is 145 Å². The lowest BCUT2D eigenvalue weighted by molar-refractivity contribution is -0.387. The lowest BCUT2D eigenvalue weighted by atomic mass is 10.2. The van der Waals surface area contributed by atoms with Crippen LogP contribution in [0.2, 0.25) is 0 Å². The van der Waals surface area contributed by atoms with Crippen molar-refractivity contribution in [3.05, 3.63) is 64.7 Å². The average Bonchev–Trinajstić information content (AvgIpc) is 3.11. The van der Waals surface area contributed by atoms with Crippen LogP contribution in [0, 0.1) is 10.1 Å². The van der Waals surface area contributed by atoms with E-state index in [1.807, 2.05) is 0 Å². The normalized spacial score (nSPS) is 10.4. The van der Waals surface area contributed by atoms with Crippen LogP contribution < -0.4 is 10.6 Å². The maximum absolute atomic E-state index is 12.3. The molecule has 148 valence electrons. The summed E-state index contributed by atoms with van der Waals surface area (Å²) in [6.07, 6.45) is 4.51. The molecule has 2 N–H and O–H groups in total. The molecule has 0 saturated heterocycles. The molecule has 12 heteroatoms. The van der Waals surface area contributed by atoms with Gasteiger partial charge < -0.3 is 15.2 Å². The number of aryl methyl sites for hydroxylation is 1. The van der Waals surface area contributed by atoms with Crippen LogP contribution in [0.1, 0.15) is 10.4 Å². The minimum absolute atomic E-state index is 0.0631. The van der Waals surface area contributed by atoms with Gasteiger partial charge in [0, 0.05) is 24.9 Å². The molecule has 0 bridgehead atoms. The number of amides is 2. The minimum atomic E-state index is -0.607. The number of pyridine rings is 1. The van der Waals surface area contributed by atoms with Crippen LogP contribution in [-0.4, -0.2) is 43.0 Å². The van der Waals surface area contributed by atoms with Crippen molar-refractivity contribution in [1.29, 1.82) is 0 Å². The third kappa shape index (κ3) is 5.13. The fraction of sp³-hybridized carbons (Fsp3) is 0.118. The van der Waals surface area contributed by atoms with E-state index in [4.69, 9.17) is 0 Å². The van der Waals surface area contributed by atoms with Gasteiger partial charge in [-0.15, -0.1) is 10.2 Å². The van der Waals surface area contributed by atoms with Crippen molar-refractivity contribution in [3.8, 4) is 0 Å². The molecule has 11 nitrogen and oxygen atoms in total. The van der Waals surface area contributed by atoms with Crippen molar-refractivity contribution in [2.24, 2.45) is 7.05 Å². The minimum Gasteiger partial charge on any atom is -0.343 e. The van der Waals surface area contributed by atoms with Gasteiger partial charge >= 0.3 is 0 Å². The van der Waals surface area contributed by atoms with Gasteiger partial charge in [-0.25, -0.2) is 0 Å². The quantitative estimate of drug-likeness (QED) is 0.439. The smallest absolute Gasteiger partial charge is 0.284 e. The number of nitrogens with one attached hydrogen (secondary N) is 2. The first-order valence-electron chi connectivity index (χ1n) is 8.22. The number of nitro groups is 1. The van der Waals surface area contributed by atoms with Crippen LogP contribution in [0.25, 0.3) is 0 Å². The number of rotatable bonds is 7. The molecule has 2 amide bonds. The number of anilines is 1. The predicted octanol–water partition coefficient (Wildman–Crippen LogP) is 1.64. The van der Waals surface area contributed by atoms with Crippen LogP contribution in [0.15, 0.2) is 59.1 Å². The van der Waals surface area contributed by atoms with Crippen molar-refractivity contribution < 1.29 is 14.5 Å². The zero-order chi connectivity index (χ0) is 20.8. The fourth-order valence-electron chi connectivity index (χ4n) is 2.26. The van der Waals surface area contributed by atoms with E-state index in [1.165, 1.54) is 24.7 Å². The molecule has 0 radical (unpaired) electrons. The second-order valence-corrected chi connectivity index (χ2v) is 6.75. The van der Waals surface area contributed by atoms with Crippen LogP contribution in [-0.2, 0) is 11.8 Å². The maximum Gasteiger partial charge on any atom is 0.284 e. The van der Waals surface area contributed by atoms with Crippen LogP contribution in [0.4, 0.5) is 11.4 Å². The maximum atomic E-state index is 12.3. The van der Waals surface area contributed by atoms with E-state index in [0.717, 1.165) is 17.8 Å². The summed E-state index contributed by atoms with van der Waals surface area (Å²) in [5.74, 6) is -1.06. The Morgan fingerprint density at radius 2 is 2.14 bits per heavy atom. The first-order valence-corrected chi connectivity index (χ1v) is 9.04. The van der Waals surface area contributed by atoms with Gasteiger partial charge in [0.2, 0.25) is 5.91 Å². The number of nitro benzene ring substituents is 1. The highest BCUT2D eigenvalue weighted by Crippen LogP contribution is 2.34. The summed E-state index contributed by atoms with van der Waals surface area (Å²) in [6.45, 7) is -0.295. The Morgan fingerprint density at radius 1 is 1.31 bits per heavy atom. The van der Waals surface area contributed by atoms with Gasteiger partial charge in [0.15, 0.2) is 5.16 Å². The van der Waals surface area contributed by atoms with Gasteiger partial charge in [0.1, 0.15) is 6.33 Å². The van der Waals surface area contributed by atoms with Gasteiger partial charge in [0.25, 0.3) is 11.6 Å². The first-order chi connectivity index (χ1) is 13.9. The highest BCUT2D eigenvalue weighted by Gasteiger charge is 2.20. The van der Waals surface area contributed by atoms with Gasteiger partial charge in [-0.1, -0.05) is 0 Å². The highest BCUT2D eigenvalue weighted by atomic mass is 32.2. The molecule has 0 aliphatic heterocycles. The van der Waals surface area contributed by atoms with Crippen molar-refractivity contribution in [1.82, 2.24) is 25.1 Å². The van der Waals surface area contributed by atoms with Gasteiger partial charge in [-0.2, -0.15) is 0 Å². The molecule has 3 aromatic rings. The lowest BCUT2D eigenvalue weighted by Crippen LogP contribution is -2.32. The number of nitrogens with zero attached hydrogens (tertiary/aromatic N) is 5.